The highest BCUT2D eigenvalue weighted by Gasteiger charge is 2.18. The number of thiophene rings is 1. The molecule has 6 heteroatoms. The van der Waals surface area contributed by atoms with Crippen LogP contribution in [0.1, 0.15) is 28.7 Å². The van der Waals surface area contributed by atoms with Crippen molar-refractivity contribution in [2.24, 2.45) is 0 Å². The van der Waals surface area contributed by atoms with E-state index in [0.717, 1.165) is 28.8 Å². The zero-order chi connectivity index (χ0) is 19.5. The van der Waals surface area contributed by atoms with Crippen LogP contribution in [0.3, 0.4) is 0 Å². The van der Waals surface area contributed by atoms with E-state index in [4.69, 9.17) is 8.83 Å². The lowest BCUT2D eigenvalue weighted by atomic mass is 10.0. The molecule has 0 aliphatic heterocycles. The van der Waals surface area contributed by atoms with Gasteiger partial charge in [0.05, 0.1) is 11.1 Å². The number of rotatable bonds is 7. The van der Waals surface area contributed by atoms with Crippen LogP contribution in [-0.4, -0.2) is 5.11 Å². The summed E-state index contributed by atoms with van der Waals surface area (Å²) in [4.78, 5) is 14.6. The smallest absolute Gasteiger partial charge is 0.336 e. The Morgan fingerprint density at radius 1 is 1.07 bits per heavy atom. The summed E-state index contributed by atoms with van der Waals surface area (Å²) in [5.41, 5.74) is 1.78. The molecule has 144 valence electrons. The molecule has 1 aromatic carbocycles. The van der Waals surface area contributed by atoms with Gasteiger partial charge in [-0.05, 0) is 41.6 Å². The van der Waals surface area contributed by atoms with E-state index in [1.165, 1.54) is 9.78 Å². The quantitative estimate of drug-likeness (QED) is 0.469. The maximum absolute atomic E-state index is 12.1. The Morgan fingerprint density at radius 2 is 1.96 bits per heavy atom. The van der Waals surface area contributed by atoms with E-state index in [1.54, 1.807) is 29.7 Å². The van der Waals surface area contributed by atoms with Gasteiger partial charge in [0, 0.05) is 23.1 Å². The lowest BCUT2D eigenvalue weighted by Gasteiger charge is -2.19. The molecule has 0 saturated heterocycles. The highest BCUT2D eigenvalue weighted by atomic mass is 32.1. The molecule has 0 fully saturated rings. The molecule has 0 saturated carbocycles. The molecule has 1 atom stereocenters. The van der Waals surface area contributed by atoms with Crippen molar-refractivity contribution in [1.82, 2.24) is 0 Å². The number of quaternary nitrogens is 1. The Hall–Kier alpha value is -2.83. The number of phenolic OH excluding ortho intramolecular Hbond substituents is 1. The van der Waals surface area contributed by atoms with Crippen LogP contribution in [0.4, 0.5) is 0 Å². The first-order chi connectivity index (χ1) is 13.6. The molecule has 3 aromatic heterocycles. The van der Waals surface area contributed by atoms with E-state index >= 15 is 0 Å². The molecule has 0 spiro atoms. The van der Waals surface area contributed by atoms with Gasteiger partial charge >= 0.3 is 5.63 Å². The monoisotopic (exact) mass is 396 g/mol. The predicted molar refractivity (Wildman–Crippen MR) is 109 cm³/mol. The molecule has 1 unspecified atom stereocenters. The summed E-state index contributed by atoms with van der Waals surface area (Å²) in [5.74, 6) is 1.07. The van der Waals surface area contributed by atoms with Gasteiger partial charge in [-0.1, -0.05) is 13.0 Å². The first kappa shape index (κ1) is 18.5. The fourth-order valence-corrected chi connectivity index (χ4v) is 4.29. The number of furan rings is 1. The van der Waals surface area contributed by atoms with Crippen LogP contribution in [0, 0.1) is 0 Å². The molecule has 28 heavy (non-hydrogen) atoms. The topological polar surface area (TPSA) is 68.0 Å². The zero-order valence-electron chi connectivity index (χ0n) is 15.6. The van der Waals surface area contributed by atoms with Crippen LogP contribution in [0.2, 0.25) is 0 Å². The number of benzene rings is 1. The Balaban J connectivity index is 1.72. The third-order valence-corrected chi connectivity index (χ3v) is 5.74. The van der Waals surface area contributed by atoms with Gasteiger partial charge in [-0.15, -0.1) is 11.3 Å². The zero-order valence-corrected chi connectivity index (χ0v) is 16.4. The minimum atomic E-state index is -0.403. The van der Waals surface area contributed by atoms with Gasteiger partial charge in [-0.2, -0.15) is 0 Å². The van der Waals surface area contributed by atoms with Crippen LogP contribution in [0.15, 0.2) is 67.7 Å². The highest BCUT2D eigenvalue weighted by Crippen LogP contribution is 2.26. The number of hydrogen-bond donors (Lipinski definition) is 2. The largest absolute Gasteiger partial charge is 0.508 e. The van der Waals surface area contributed by atoms with Crippen LogP contribution >= 0.6 is 11.3 Å². The SMILES string of the molecule is CCc1cc2c(C[NH+](Cc3ccco3)Cc3cccs3)cc(=O)oc2cc1O. The fourth-order valence-electron chi connectivity index (χ4n) is 3.51. The van der Waals surface area contributed by atoms with Gasteiger partial charge in [0.25, 0.3) is 0 Å². The molecule has 0 bridgehead atoms. The molecule has 0 aliphatic carbocycles. The highest BCUT2D eigenvalue weighted by molar-refractivity contribution is 7.09. The number of hydrogen-bond acceptors (Lipinski definition) is 5. The molecule has 0 radical (unpaired) electrons. The second-order valence-electron chi connectivity index (χ2n) is 6.86. The standard InChI is InChI=1S/C22H21NO4S/c1-2-15-9-19-16(10-22(25)27-21(19)11-20(15)24)12-23(13-17-5-3-7-26-17)14-18-6-4-8-28-18/h3-11,24H,2,12-14H2,1H3/p+1. The number of phenols is 1. The number of nitrogens with one attached hydrogen (secondary N) is 1. The minimum Gasteiger partial charge on any atom is -0.508 e. The van der Waals surface area contributed by atoms with E-state index in [0.29, 0.717) is 25.1 Å². The Labute approximate surface area is 166 Å². The predicted octanol–water partition coefficient (Wildman–Crippen LogP) is 3.50. The Bertz CT molecular complexity index is 1080. The van der Waals surface area contributed by atoms with Crippen molar-refractivity contribution in [2.45, 2.75) is 33.0 Å². The van der Waals surface area contributed by atoms with Gasteiger partial charge < -0.3 is 18.8 Å². The first-order valence-corrected chi connectivity index (χ1v) is 10.2. The first-order valence-electron chi connectivity index (χ1n) is 9.29. The summed E-state index contributed by atoms with van der Waals surface area (Å²) in [6, 6.07) is 13.1. The van der Waals surface area contributed by atoms with Crippen molar-refractivity contribution >= 4 is 22.3 Å². The molecule has 0 amide bonds. The lowest BCUT2D eigenvalue weighted by Crippen LogP contribution is -3.08. The van der Waals surface area contributed by atoms with E-state index in [2.05, 4.69) is 11.4 Å². The summed E-state index contributed by atoms with van der Waals surface area (Å²) in [7, 11) is 0. The summed E-state index contributed by atoms with van der Waals surface area (Å²) in [5, 5.41) is 13.1. The summed E-state index contributed by atoms with van der Waals surface area (Å²) >= 11 is 1.72. The van der Waals surface area contributed by atoms with Crippen LogP contribution < -0.4 is 10.5 Å². The average molecular weight is 396 g/mol. The van der Waals surface area contributed by atoms with Crippen molar-refractivity contribution in [3.05, 3.63) is 86.3 Å². The van der Waals surface area contributed by atoms with Gasteiger partial charge in [0.1, 0.15) is 31.0 Å². The molecular weight excluding hydrogens is 374 g/mol. The maximum atomic E-state index is 12.1. The molecule has 4 rings (SSSR count). The van der Waals surface area contributed by atoms with Crippen LogP contribution in [-0.2, 0) is 26.1 Å². The van der Waals surface area contributed by atoms with E-state index in [1.807, 2.05) is 31.2 Å². The second kappa shape index (κ2) is 8.04. The number of aromatic hydroxyl groups is 1. The van der Waals surface area contributed by atoms with Crippen molar-refractivity contribution in [2.75, 3.05) is 0 Å². The Kier molecular flexibility index (Phi) is 5.32. The molecule has 3 heterocycles. The normalized spacial score (nSPS) is 12.5. The van der Waals surface area contributed by atoms with Gasteiger partial charge in [-0.25, -0.2) is 4.79 Å². The average Bonchev–Trinajstić information content (AvgIpc) is 3.35. The molecule has 2 N–H and O–H groups in total. The molecule has 4 aromatic rings. The maximum Gasteiger partial charge on any atom is 0.336 e. The van der Waals surface area contributed by atoms with Crippen molar-refractivity contribution in [3.8, 4) is 5.75 Å². The van der Waals surface area contributed by atoms with Crippen molar-refractivity contribution in [1.29, 1.82) is 0 Å². The Morgan fingerprint density at radius 3 is 2.68 bits per heavy atom. The number of aryl methyl sites for hydroxylation is 1. The third kappa shape index (κ3) is 4.03. The fraction of sp³-hybridized carbons (Fsp3) is 0.227. The van der Waals surface area contributed by atoms with Crippen molar-refractivity contribution < 1.29 is 18.8 Å². The second-order valence-corrected chi connectivity index (χ2v) is 7.89. The summed E-state index contributed by atoms with van der Waals surface area (Å²) < 4.78 is 10.9. The van der Waals surface area contributed by atoms with E-state index in [-0.39, 0.29) is 5.75 Å². The molecule has 0 aliphatic rings. The minimum absolute atomic E-state index is 0.161. The molecular formula is C22H22NO4S+. The van der Waals surface area contributed by atoms with Crippen LogP contribution in [0.5, 0.6) is 5.75 Å². The molecule has 5 nitrogen and oxygen atoms in total. The van der Waals surface area contributed by atoms with Gasteiger partial charge in [-0.3, -0.25) is 0 Å². The third-order valence-electron chi connectivity index (χ3n) is 4.86. The van der Waals surface area contributed by atoms with Gasteiger partial charge in [0.2, 0.25) is 0 Å². The van der Waals surface area contributed by atoms with Crippen molar-refractivity contribution in [3.63, 3.8) is 0 Å². The summed E-state index contributed by atoms with van der Waals surface area (Å²) in [6.45, 7) is 4.18. The van der Waals surface area contributed by atoms with Crippen LogP contribution in [0.25, 0.3) is 11.0 Å². The van der Waals surface area contributed by atoms with Gasteiger partial charge in [0.15, 0.2) is 5.76 Å². The van der Waals surface area contributed by atoms with E-state index in [9.17, 15) is 9.90 Å². The lowest BCUT2D eigenvalue weighted by molar-refractivity contribution is -0.941. The van der Waals surface area contributed by atoms with E-state index < -0.39 is 5.63 Å². The summed E-state index contributed by atoms with van der Waals surface area (Å²) in [6.07, 6.45) is 2.39. The number of fused-ring (bicyclic) bond motifs is 1.